The van der Waals surface area contributed by atoms with Crippen molar-refractivity contribution in [3.63, 3.8) is 0 Å². The van der Waals surface area contributed by atoms with Crippen molar-refractivity contribution in [2.75, 3.05) is 45.0 Å². The van der Waals surface area contributed by atoms with Gasteiger partial charge in [-0.05, 0) is 37.1 Å². The minimum Gasteiger partial charge on any atom is -0.487 e. The number of sulfonamides is 1. The van der Waals surface area contributed by atoms with Gasteiger partial charge < -0.3 is 19.5 Å². The highest BCUT2D eigenvalue weighted by Gasteiger charge is 2.26. The lowest BCUT2D eigenvalue weighted by Crippen LogP contribution is -2.41. The molecular weight excluding hydrogens is 499 g/mol. The summed E-state index contributed by atoms with van der Waals surface area (Å²) in [6.07, 6.45) is 3.85. The quantitative estimate of drug-likeness (QED) is 0.419. The van der Waals surface area contributed by atoms with Crippen LogP contribution in [0.2, 0.25) is 5.02 Å². The number of halogens is 2. The zero-order chi connectivity index (χ0) is 25.0. The van der Waals surface area contributed by atoms with Crippen molar-refractivity contribution in [3.8, 4) is 11.5 Å². The van der Waals surface area contributed by atoms with Gasteiger partial charge in [0.15, 0.2) is 11.5 Å². The Balaban J connectivity index is 1.56. The maximum absolute atomic E-state index is 13.4. The van der Waals surface area contributed by atoms with Crippen molar-refractivity contribution in [3.05, 3.63) is 47.4 Å². The van der Waals surface area contributed by atoms with E-state index in [4.69, 9.17) is 25.8 Å². The Morgan fingerprint density at radius 1 is 1.17 bits per heavy atom. The van der Waals surface area contributed by atoms with Gasteiger partial charge in [0, 0.05) is 43.5 Å². The fourth-order valence-electron chi connectivity index (χ4n) is 3.70. The van der Waals surface area contributed by atoms with E-state index in [2.05, 4.69) is 15.3 Å². The van der Waals surface area contributed by atoms with E-state index in [0.717, 1.165) is 5.39 Å². The van der Waals surface area contributed by atoms with Gasteiger partial charge in [-0.3, -0.25) is 0 Å². The summed E-state index contributed by atoms with van der Waals surface area (Å²) in [5.74, 6) is 0.824. The fourth-order valence-corrected chi connectivity index (χ4v) is 4.76. The van der Waals surface area contributed by atoms with Crippen molar-refractivity contribution < 1.29 is 27.0 Å². The predicted molar refractivity (Wildman–Crippen MR) is 132 cm³/mol. The molecule has 0 saturated carbocycles. The Hall–Kier alpha value is -2.73. The number of rotatable bonds is 9. The zero-order valence-corrected chi connectivity index (χ0v) is 20.9. The molecule has 1 aromatic heterocycles. The molecule has 0 aliphatic carbocycles. The van der Waals surface area contributed by atoms with E-state index in [9.17, 15) is 12.8 Å². The van der Waals surface area contributed by atoms with Gasteiger partial charge in [-0.1, -0.05) is 11.6 Å². The van der Waals surface area contributed by atoms with Gasteiger partial charge in [0.05, 0.1) is 23.4 Å². The third kappa shape index (κ3) is 6.49. The highest BCUT2D eigenvalue weighted by molar-refractivity contribution is 7.88. The number of anilines is 2. The number of aromatic nitrogens is 2. The molecule has 3 aromatic rings. The third-order valence-corrected chi connectivity index (χ3v) is 7.12. The van der Waals surface area contributed by atoms with Crippen molar-refractivity contribution in [2.24, 2.45) is 0 Å². The lowest BCUT2D eigenvalue weighted by atomic mass is 10.1. The lowest BCUT2D eigenvalue weighted by molar-refractivity contribution is 0.120. The molecule has 0 unspecified atom stereocenters. The fraction of sp³-hybridized carbons (Fsp3) is 0.391. The summed E-state index contributed by atoms with van der Waals surface area (Å²) in [7, 11) is -1.63. The van der Waals surface area contributed by atoms with Crippen molar-refractivity contribution >= 4 is 44.2 Å². The van der Waals surface area contributed by atoms with E-state index in [0.29, 0.717) is 67.8 Å². The van der Waals surface area contributed by atoms with Crippen LogP contribution in [0.5, 0.6) is 11.5 Å². The van der Waals surface area contributed by atoms with Crippen LogP contribution in [0.1, 0.15) is 12.8 Å². The standard InChI is InChI=1S/C23H26ClFN4O5S/c1-32-9-10-33-21-13-20-15(11-22(21)34-17-5-7-29(8-6-17)35(2,30)31)14-26-23(28-20)27-16-3-4-19(25)18(24)12-16/h3-4,11-14,17H,5-10H2,1-2H3,(H,26,27,28). The molecule has 12 heteroatoms. The van der Waals surface area contributed by atoms with Gasteiger partial charge in [-0.2, -0.15) is 0 Å². The molecular formula is C23H26ClFN4O5S. The van der Waals surface area contributed by atoms with Crippen LogP contribution in [0.3, 0.4) is 0 Å². The van der Waals surface area contributed by atoms with Crippen LogP contribution >= 0.6 is 11.6 Å². The number of hydrogen-bond donors (Lipinski definition) is 1. The summed E-state index contributed by atoms with van der Waals surface area (Å²) >= 11 is 5.86. The largest absolute Gasteiger partial charge is 0.487 e. The van der Waals surface area contributed by atoms with E-state index in [1.807, 2.05) is 0 Å². The first kappa shape index (κ1) is 25.4. The van der Waals surface area contributed by atoms with Crippen molar-refractivity contribution in [2.45, 2.75) is 18.9 Å². The normalized spacial score (nSPS) is 15.3. The molecule has 1 fully saturated rings. The van der Waals surface area contributed by atoms with Crippen LogP contribution in [0.15, 0.2) is 36.5 Å². The van der Waals surface area contributed by atoms with E-state index in [1.165, 1.54) is 22.7 Å². The van der Waals surface area contributed by atoms with Crippen LogP contribution in [-0.4, -0.2) is 68.5 Å². The topological polar surface area (TPSA) is 103 Å². The molecule has 0 atom stereocenters. The summed E-state index contributed by atoms with van der Waals surface area (Å²) in [6.45, 7) is 1.52. The molecule has 1 aliphatic rings. The number of nitrogens with one attached hydrogen (secondary N) is 1. The van der Waals surface area contributed by atoms with Crippen LogP contribution < -0.4 is 14.8 Å². The molecule has 0 bridgehead atoms. The summed E-state index contributed by atoms with van der Waals surface area (Å²) in [5, 5.41) is 3.74. The molecule has 2 heterocycles. The molecule has 9 nitrogen and oxygen atoms in total. The number of ether oxygens (including phenoxy) is 3. The SMILES string of the molecule is COCCOc1cc2nc(Nc3ccc(F)c(Cl)c3)ncc2cc1OC1CCN(S(C)(=O)=O)CC1. The molecule has 0 amide bonds. The average molecular weight is 525 g/mol. The van der Waals surface area contributed by atoms with E-state index < -0.39 is 15.8 Å². The summed E-state index contributed by atoms with van der Waals surface area (Å²) in [4.78, 5) is 8.87. The van der Waals surface area contributed by atoms with Crippen LogP contribution in [0, 0.1) is 5.82 Å². The van der Waals surface area contributed by atoms with E-state index in [-0.39, 0.29) is 11.1 Å². The molecule has 1 saturated heterocycles. The van der Waals surface area contributed by atoms with Crippen molar-refractivity contribution in [1.82, 2.24) is 14.3 Å². The van der Waals surface area contributed by atoms with Gasteiger partial charge in [-0.15, -0.1) is 0 Å². The van der Waals surface area contributed by atoms with Crippen LogP contribution in [-0.2, 0) is 14.8 Å². The number of piperidine rings is 1. The second-order valence-corrected chi connectivity index (χ2v) is 10.5. The van der Waals surface area contributed by atoms with E-state index in [1.54, 1.807) is 31.5 Å². The van der Waals surface area contributed by atoms with Crippen LogP contribution in [0.4, 0.5) is 16.0 Å². The smallest absolute Gasteiger partial charge is 0.227 e. The summed E-state index contributed by atoms with van der Waals surface area (Å²) in [5.41, 5.74) is 1.16. The first-order valence-electron chi connectivity index (χ1n) is 11.0. The Labute approximate surface area is 208 Å². The number of methoxy groups -OCH3 is 1. The first-order chi connectivity index (χ1) is 16.7. The van der Waals surface area contributed by atoms with Gasteiger partial charge in [0.1, 0.15) is 18.5 Å². The highest BCUT2D eigenvalue weighted by Crippen LogP contribution is 2.34. The van der Waals surface area contributed by atoms with E-state index >= 15 is 0 Å². The molecule has 0 radical (unpaired) electrons. The predicted octanol–water partition coefficient (Wildman–Crippen LogP) is 3.99. The second-order valence-electron chi connectivity index (χ2n) is 8.13. The molecule has 0 spiro atoms. The lowest BCUT2D eigenvalue weighted by Gasteiger charge is -2.30. The first-order valence-corrected chi connectivity index (χ1v) is 13.2. The highest BCUT2D eigenvalue weighted by atomic mass is 35.5. The van der Waals surface area contributed by atoms with Gasteiger partial charge in [0.2, 0.25) is 16.0 Å². The number of hydrogen-bond acceptors (Lipinski definition) is 8. The Morgan fingerprint density at radius 2 is 1.94 bits per heavy atom. The van der Waals surface area contributed by atoms with Gasteiger partial charge >= 0.3 is 0 Å². The molecule has 35 heavy (non-hydrogen) atoms. The second kappa shape index (κ2) is 10.9. The molecule has 188 valence electrons. The maximum atomic E-state index is 13.4. The summed E-state index contributed by atoms with van der Waals surface area (Å²) in [6, 6.07) is 7.82. The van der Waals surface area contributed by atoms with Crippen LogP contribution in [0.25, 0.3) is 10.9 Å². The summed E-state index contributed by atoms with van der Waals surface area (Å²) < 4.78 is 55.7. The van der Waals surface area contributed by atoms with Gasteiger partial charge in [-0.25, -0.2) is 27.1 Å². The number of benzene rings is 2. The molecule has 4 rings (SSSR count). The molecule has 2 aromatic carbocycles. The van der Waals surface area contributed by atoms with Crippen molar-refractivity contribution in [1.29, 1.82) is 0 Å². The Kier molecular flexibility index (Phi) is 7.90. The third-order valence-electron chi connectivity index (χ3n) is 5.53. The minimum absolute atomic E-state index is 0.00576. The average Bonchev–Trinajstić information content (AvgIpc) is 2.82. The van der Waals surface area contributed by atoms with Gasteiger partial charge in [0.25, 0.3) is 0 Å². The molecule has 1 N–H and O–H groups in total. The zero-order valence-electron chi connectivity index (χ0n) is 19.3. The Bertz CT molecular complexity index is 1300. The molecule has 1 aliphatic heterocycles. The Morgan fingerprint density at radius 3 is 2.63 bits per heavy atom. The minimum atomic E-state index is -3.21. The monoisotopic (exact) mass is 524 g/mol. The maximum Gasteiger partial charge on any atom is 0.227 e. The number of nitrogens with zero attached hydrogens (tertiary/aromatic N) is 3. The number of fused-ring (bicyclic) bond motifs is 1.